The molecule has 3 aromatic carbocycles. The number of nitro groups is 1. The largest absolute Gasteiger partial charge is 0.332 e. The molecular formula is C24H22N4O5S2. The minimum Gasteiger partial charge on any atom is -0.332 e. The van der Waals surface area contributed by atoms with Gasteiger partial charge in [0.1, 0.15) is 0 Å². The third-order valence-electron chi connectivity index (χ3n) is 4.93. The molecule has 0 bridgehead atoms. The van der Waals surface area contributed by atoms with E-state index < -0.39 is 20.9 Å². The van der Waals surface area contributed by atoms with Crippen LogP contribution in [0.25, 0.3) is 6.08 Å². The van der Waals surface area contributed by atoms with Crippen LogP contribution in [0.5, 0.6) is 0 Å². The highest BCUT2D eigenvalue weighted by atomic mass is 32.2. The number of aryl methyl sites for hydroxylation is 2. The van der Waals surface area contributed by atoms with E-state index in [1.807, 2.05) is 19.9 Å². The lowest BCUT2D eigenvalue weighted by atomic mass is 10.1. The molecule has 0 aliphatic heterocycles. The Kier molecular flexibility index (Phi) is 7.94. The third-order valence-corrected chi connectivity index (χ3v) is 6.53. The van der Waals surface area contributed by atoms with Crippen molar-refractivity contribution in [3.05, 3.63) is 99.6 Å². The Morgan fingerprint density at radius 3 is 2.31 bits per heavy atom. The lowest BCUT2D eigenvalue weighted by Gasteiger charge is -2.11. The van der Waals surface area contributed by atoms with Crippen molar-refractivity contribution < 1.29 is 18.1 Å². The van der Waals surface area contributed by atoms with Crippen LogP contribution in [0.15, 0.2) is 77.7 Å². The average molecular weight is 511 g/mol. The van der Waals surface area contributed by atoms with Gasteiger partial charge in [0.2, 0.25) is 5.91 Å². The fourth-order valence-electron chi connectivity index (χ4n) is 2.97. The minimum atomic E-state index is -3.78. The number of nitrogens with zero attached hydrogens (tertiary/aromatic N) is 1. The molecule has 0 fully saturated rings. The molecule has 0 saturated carbocycles. The maximum Gasteiger partial charge on any atom is 0.270 e. The maximum atomic E-state index is 12.7. The number of sulfonamides is 1. The monoisotopic (exact) mass is 510 g/mol. The highest BCUT2D eigenvalue weighted by Crippen LogP contribution is 2.20. The molecule has 3 aromatic rings. The van der Waals surface area contributed by atoms with Gasteiger partial charge in [-0.15, -0.1) is 0 Å². The number of benzene rings is 3. The van der Waals surface area contributed by atoms with Crippen LogP contribution in [0.2, 0.25) is 0 Å². The molecule has 0 aliphatic rings. The Morgan fingerprint density at radius 2 is 1.66 bits per heavy atom. The Labute approximate surface area is 208 Å². The molecule has 3 rings (SSSR count). The van der Waals surface area contributed by atoms with Gasteiger partial charge in [0.15, 0.2) is 5.11 Å². The second-order valence-electron chi connectivity index (χ2n) is 7.56. The molecule has 0 unspecified atom stereocenters. The molecule has 1 amide bonds. The zero-order valence-corrected chi connectivity index (χ0v) is 20.4. The summed E-state index contributed by atoms with van der Waals surface area (Å²) >= 11 is 5.12. The summed E-state index contributed by atoms with van der Waals surface area (Å²) in [5.74, 6) is -0.536. The summed E-state index contributed by atoms with van der Waals surface area (Å²) in [6, 6.07) is 17.0. The molecule has 0 radical (unpaired) electrons. The van der Waals surface area contributed by atoms with Crippen LogP contribution in [0, 0.1) is 24.0 Å². The molecular weight excluding hydrogens is 488 g/mol. The zero-order valence-electron chi connectivity index (χ0n) is 18.8. The molecule has 35 heavy (non-hydrogen) atoms. The van der Waals surface area contributed by atoms with Crippen LogP contribution in [0.1, 0.15) is 16.7 Å². The fourth-order valence-corrected chi connectivity index (χ4v) is 4.23. The Balaban J connectivity index is 1.58. The number of carbonyl (C=O) groups is 1. The third kappa shape index (κ3) is 7.19. The van der Waals surface area contributed by atoms with Crippen LogP contribution >= 0.6 is 12.2 Å². The van der Waals surface area contributed by atoms with E-state index in [1.54, 1.807) is 18.2 Å². The van der Waals surface area contributed by atoms with Crippen molar-refractivity contribution in [2.24, 2.45) is 0 Å². The van der Waals surface area contributed by atoms with Crippen LogP contribution in [0.3, 0.4) is 0 Å². The van der Waals surface area contributed by atoms with Crippen LogP contribution < -0.4 is 15.4 Å². The van der Waals surface area contributed by atoms with Gasteiger partial charge >= 0.3 is 0 Å². The first kappa shape index (κ1) is 25.5. The number of carbonyl (C=O) groups excluding carboxylic acids is 1. The molecule has 0 heterocycles. The Morgan fingerprint density at radius 1 is 0.971 bits per heavy atom. The number of hydrogen-bond donors (Lipinski definition) is 3. The molecule has 0 aliphatic carbocycles. The van der Waals surface area contributed by atoms with E-state index in [9.17, 15) is 23.3 Å². The standard InChI is InChI=1S/C24H22N4O5S2/c1-16-6-8-20(14-17(16)2)27-35(32,33)22-11-9-19(10-12-22)25-24(34)26-23(29)13-7-18-4-3-5-21(15-18)28(30)31/h3-15,27H,1-2H3,(H2,25,26,29,34)/b13-7+. The molecule has 9 nitrogen and oxygen atoms in total. The van der Waals surface area contributed by atoms with Gasteiger partial charge in [-0.25, -0.2) is 8.42 Å². The smallest absolute Gasteiger partial charge is 0.270 e. The maximum absolute atomic E-state index is 12.7. The van der Waals surface area contributed by atoms with Crippen LogP contribution in [0.4, 0.5) is 17.1 Å². The SMILES string of the molecule is Cc1ccc(NS(=O)(=O)c2ccc(NC(=S)NC(=O)/C=C/c3cccc([N+](=O)[O-])c3)cc2)cc1C. The number of anilines is 2. The Bertz CT molecular complexity index is 1420. The second kappa shape index (κ2) is 10.9. The summed E-state index contributed by atoms with van der Waals surface area (Å²) in [7, 11) is -3.78. The van der Waals surface area contributed by atoms with E-state index in [1.165, 1.54) is 54.6 Å². The molecule has 0 atom stereocenters. The van der Waals surface area contributed by atoms with E-state index >= 15 is 0 Å². The minimum absolute atomic E-state index is 0.00237. The van der Waals surface area contributed by atoms with Gasteiger partial charge in [0.25, 0.3) is 15.7 Å². The molecule has 0 saturated heterocycles. The van der Waals surface area contributed by atoms with Crippen molar-refractivity contribution in [2.75, 3.05) is 10.0 Å². The molecule has 0 aromatic heterocycles. The number of nitro benzene ring substituents is 1. The van der Waals surface area contributed by atoms with Gasteiger partial charge < -0.3 is 5.32 Å². The number of nitrogens with one attached hydrogen (secondary N) is 3. The lowest BCUT2D eigenvalue weighted by Crippen LogP contribution is -2.32. The average Bonchev–Trinajstić information content (AvgIpc) is 2.80. The fraction of sp³-hybridized carbons (Fsp3) is 0.0833. The van der Waals surface area contributed by atoms with E-state index in [2.05, 4.69) is 15.4 Å². The van der Waals surface area contributed by atoms with Crippen LogP contribution in [-0.2, 0) is 14.8 Å². The summed E-state index contributed by atoms with van der Waals surface area (Å²) in [4.78, 5) is 22.5. The lowest BCUT2D eigenvalue weighted by molar-refractivity contribution is -0.384. The summed E-state index contributed by atoms with van der Waals surface area (Å²) in [5, 5.41) is 16.1. The normalized spacial score (nSPS) is 11.1. The van der Waals surface area contributed by atoms with E-state index in [0.717, 1.165) is 11.1 Å². The summed E-state index contributed by atoms with van der Waals surface area (Å²) in [6.45, 7) is 3.85. The van der Waals surface area contributed by atoms with Crippen molar-refractivity contribution in [1.82, 2.24) is 5.32 Å². The van der Waals surface area contributed by atoms with Gasteiger partial charge in [-0.1, -0.05) is 18.2 Å². The zero-order chi connectivity index (χ0) is 25.6. The number of non-ortho nitro benzene ring substituents is 1. The van der Waals surface area contributed by atoms with Crippen molar-refractivity contribution in [3.63, 3.8) is 0 Å². The van der Waals surface area contributed by atoms with Crippen LogP contribution in [-0.4, -0.2) is 24.4 Å². The van der Waals surface area contributed by atoms with Crippen molar-refractivity contribution >= 4 is 56.4 Å². The number of amides is 1. The summed E-state index contributed by atoms with van der Waals surface area (Å²) in [6.07, 6.45) is 2.62. The molecule has 11 heteroatoms. The molecule has 3 N–H and O–H groups in total. The first-order chi connectivity index (χ1) is 16.5. The predicted molar refractivity (Wildman–Crippen MR) is 140 cm³/mol. The predicted octanol–water partition coefficient (Wildman–Crippen LogP) is 4.54. The van der Waals surface area contributed by atoms with Gasteiger partial charge in [0, 0.05) is 29.6 Å². The van der Waals surface area contributed by atoms with Gasteiger partial charge in [-0.3, -0.25) is 24.9 Å². The van der Waals surface area contributed by atoms with E-state index in [0.29, 0.717) is 16.9 Å². The molecule has 180 valence electrons. The number of thiocarbonyl (C=S) groups is 1. The quantitative estimate of drug-likeness (QED) is 0.184. The van der Waals surface area contributed by atoms with Gasteiger partial charge in [0.05, 0.1) is 9.82 Å². The highest BCUT2D eigenvalue weighted by Gasteiger charge is 2.14. The highest BCUT2D eigenvalue weighted by molar-refractivity contribution is 7.92. The first-order valence-corrected chi connectivity index (χ1v) is 12.2. The first-order valence-electron chi connectivity index (χ1n) is 10.3. The summed E-state index contributed by atoms with van der Waals surface area (Å²) < 4.78 is 27.9. The summed E-state index contributed by atoms with van der Waals surface area (Å²) in [5.41, 5.74) is 3.38. The Hall–Kier alpha value is -4.09. The van der Waals surface area contributed by atoms with Crippen molar-refractivity contribution in [3.8, 4) is 0 Å². The number of hydrogen-bond acceptors (Lipinski definition) is 6. The van der Waals surface area contributed by atoms with Gasteiger partial charge in [-0.2, -0.15) is 0 Å². The van der Waals surface area contributed by atoms with E-state index in [-0.39, 0.29) is 15.7 Å². The topological polar surface area (TPSA) is 130 Å². The van der Waals surface area contributed by atoms with Crippen molar-refractivity contribution in [2.45, 2.75) is 18.7 Å². The number of rotatable bonds is 7. The molecule has 0 spiro atoms. The van der Waals surface area contributed by atoms with Gasteiger partial charge in [-0.05, 0) is 85.2 Å². The van der Waals surface area contributed by atoms with Crippen molar-refractivity contribution in [1.29, 1.82) is 0 Å². The second-order valence-corrected chi connectivity index (χ2v) is 9.65. The van der Waals surface area contributed by atoms with E-state index in [4.69, 9.17) is 12.2 Å².